The predicted octanol–water partition coefficient (Wildman–Crippen LogP) is 1.13. The molecule has 4 nitrogen and oxygen atoms in total. The van der Waals surface area contributed by atoms with Crippen molar-refractivity contribution in [1.29, 1.82) is 0 Å². The minimum Gasteiger partial charge on any atom is -0.390 e. The lowest BCUT2D eigenvalue weighted by atomic mass is 10.2. The first-order valence-corrected chi connectivity index (χ1v) is 4.86. The number of hydrogen-bond acceptors (Lipinski definition) is 4. The van der Waals surface area contributed by atoms with E-state index in [0.29, 0.717) is 11.5 Å². The molecule has 1 atom stereocenters. The number of rotatable bonds is 2. The van der Waals surface area contributed by atoms with Gasteiger partial charge in [-0.1, -0.05) is 0 Å². The molecule has 76 valence electrons. The Morgan fingerprint density at radius 1 is 1.57 bits per heavy atom. The van der Waals surface area contributed by atoms with Crippen molar-refractivity contribution in [3.05, 3.63) is 23.3 Å². The zero-order chi connectivity index (χ0) is 9.97. The van der Waals surface area contributed by atoms with Crippen LogP contribution in [0, 0.1) is 6.92 Å². The van der Waals surface area contributed by atoms with Gasteiger partial charge in [0.2, 0.25) is 0 Å². The van der Waals surface area contributed by atoms with E-state index in [0.717, 1.165) is 25.1 Å². The summed E-state index contributed by atoms with van der Waals surface area (Å²) < 4.78 is 5.49. The summed E-state index contributed by atoms with van der Waals surface area (Å²) in [6, 6.07) is 1.79. The first-order valence-electron chi connectivity index (χ1n) is 4.86. The van der Waals surface area contributed by atoms with Crippen molar-refractivity contribution in [2.24, 2.45) is 0 Å². The van der Waals surface area contributed by atoms with Gasteiger partial charge >= 0.3 is 0 Å². The number of ether oxygens (including phenoxy) is 1. The molecule has 1 unspecified atom stereocenters. The summed E-state index contributed by atoms with van der Waals surface area (Å²) in [5.41, 5.74) is 1.55. The van der Waals surface area contributed by atoms with Crippen molar-refractivity contribution in [2.75, 3.05) is 6.61 Å². The number of aryl methyl sites for hydroxylation is 1. The van der Waals surface area contributed by atoms with Crippen LogP contribution in [-0.4, -0.2) is 21.7 Å². The molecule has 0 aromatic carbocycles. The van der Waals surface area contributed by atoms with E-state index in [1.807, 2.05) is 6.92 Å². The average Bonchev–Trinajstić information content (AvgIpc) is 2.69. The van der Waals surface area contributed by atoms with Gasteiger partial charge in [-0.2, -0.15) is 0 Å². The van der Waals surface area contributed by atoms with E-state index in [4.69, 9.17) is 9.84 Å². The van der Waals surface area contributed by atoms with Gasteiger partial charge in [0, 0.05) is 12.3 Å². The molecule has 0 amide bonds. The van der Waals surface area contributed by atoms with E-state index in [1.165, 1.54) is 0 Å². The van der Waals surface area contributed by atoms with E-state index >= 15 is 0 Å². The molecule has 1 N–H and O–H groups in total. The normalized spacial score (nSPS) is 21.4. The van der Waals surface area contributed by atoms with Crippen LogP contribution >= 0.6 is 0 Å². The largest absolute Gasteiger partial charge is 0.390 e. The van der Waals surface area contributed by atoms with E-state index in [1.54, 1.807) is 6.07 Å². The average molecular weight is 194 g/mol. The first kappa shape index (κ1) is 9.55. The molecule has 1 aliphatic rings. The number of aliphatic hydroxyl groups is 1. The minimum absolute atomic E-state index is 0.0280. The van der Waals surface area contributed by atoms with Crippen LogP contribution < -0.4 is 0 Å². The molecular weight excluding hydrogens is 180 g/mol. The molecule has 1 saturated heterocycles. The van der Waals surface area contributed by atoms with Crippen LogP contribution in [0.5, 0.6) is 0 Å². The highest BCUT2D eigenvalue weighted by Crippen LogP contribution is 2.25. The molecule has 2 rings (SSSR count). The molecule has 0 radical (unpaired) electrons. The molecule has 0 saturated carbocycles. The summed E-state index contributed by atoms with van der Waals surface area (Å²) in [5.74, 6) is 0.714. The van der Waals surface area contributed by atoms with Crippen molar-refractivity contribution in [2.45, 2.75) is 32.5 Å². The van der Waals surface area contributed by atoms with E-state index < -0.39 is 0 Å². The quantitative estimate of drug-likeness (QED) is 0.766. The molecule has 0 aliphatic carbocycles. The van der Waals surface area contributed by atoms with Crippen LogP contribution in [0.25, 0.3) is 0 Å². The zero-order valence-electron chi connectivity index (χ0n) is 8.23. The number of hydrogen-bond donors (Lipinski definition) is 1. The van der Waals surface area contributed by atoms with Gasteiger partial charge in [0.05, 0.1) is 12.3 Å². The summed E-state index contributed by atoms with van der Waals surface area (Å²) in [7, 11) is 0. The number of nitrogens with zero attached hydrogens (tertiary/aromatic N) is 2. The smallest absolute Gasteiger partial charge is 0.157 e. The molecule has 1 fully saturated rings. The van der Waals surface area contributed by atoms with Gasteiger partial charge in [-0.05, 0) is 25.8 Å². The van der Waals surface area contributed by atoms with Gasteiger partial charge < -0.3 is 9.84 Å². The molecule has 0 spiro atoms. The highest BCUT2D eigenvalue weighted by molar-refractivity contribution is 5.10. The number of aliphatic hydroxyl groups excluding tert-OH is 1. The van der Waals surface area contributed by atoms with Gasteiger partial charge in [0.25, 0.3) is 0 Å². The Balaban J connectivity index is 2.27. The lowest BCUT2D eigenvalue weighted by Gasteiger charge is -2.09. The highest BCUT2D eigenvalue weighted by atomic mass is 16.5. The van der Waals surface area contributed by atoms with Crippen molar-refractivity contribution < 1.29 is 9.84 Å². The maximum Gasteiger partial charge on any atom is 0.157 e. The lowest BCUT2D eigenvalue weighted by Crippen LogP contribution is -2.06. The van der Waals surface area contributed by atoms with Crippen molar-refractivity contribution in [3.63, 3.8) is 0 Å². The Labute approximate surface area is 83.0 Å². The summed E-state index contributed by atoms with van der Waals surface area (Å²) in [5, 5.41) is 9.00. The van der Waals surface area contributed by atoms with Crippen LogP contribution in [0.1, 0.15) is 36.2 Å². The van der Waals surface area contributed by atoms with Crippen LogP contribution in [0.2, 0.25) is 0 Å². The lowest BCUT2D eigenvalue weighted by molar-refractivity contribution is 0.104. The topological polar surface area (TPSA) is 55.2 Å². The van der Waals surface area contributed by atoms with Crippen molar-refractivity contribution in [1.82, 2.24) is 9.97 Å². The number of aromatic nitrogens is 2. The third-order valence-electron chi connectivity index (χ3n) is 2.30. The Hall–Kier alpha value is -1.00. The summed E-state index contributed by atoms with van der Waals surface area (Å²) in [4.78, 5) is 8.56. The summed E-state index contributed by atoms with van der Waals surface area (Å²) in [6.07, 6.45) is 2.07. The van der Waals surface area contributed by atoms with Crippen LogP contribution in [0.3, 0.4) is 0 Å². The minimum atomic E-state index is -0.0386. The van der Waals surface area contributed by atoms with E-state index in [2.05, 4.69) is 9.97 Å². The van der Waals surface area contributed by atoms with Gasteiger partial charge in [-0.3, -0.25) is 0 Å². The third-order valence-corrected chi connectivity index (χ3v) is 2.30. The second-order valence-corrected chi connectivity index (χ2v) is 3.52. The maximum atomic E-state index is 9.00. The maximum absolute atomic E-state index is 9.00. The fraction of sp³-hybridized carbons (Fsp3) is 0.600. The van der Waals surface area contributed by atoms with Crippen molar-refractivity contribution >= 4 is 0 Å². The predicted molar refractivity (Wildman–Crippen MR) is 50.6 cm³/mol. The molecule has 14 heavy (non-hydrogen) atoms. The van der Waals surface area contributed by atoms with Crippen molar-refractivity contribution in [3.8, 4) is 0 Å². The third kappa shape index (κ3) is 1.91. The molecule has 2 heterocycles. The van der Waals surface area contributed by atoms with E-state index in [-0.39, 0.29) is 12.7 Å². The Kier molecular flexibility index (Phi) is 2.74. The molecule has 1 aromatic rings. The second kappa shape index (κ2) is 4.02. The molecule has 1 aromatic heterocycles. The Bertz CT molecular complexity index is 322. The Morgan fingerprint density at radius 3 is 3.07 bits per heavy atom. The molecule has 4 heteroatoms. The van der Waals surface area contributed by atoms with Gasteiger partial charge in [0.15, 0.2) is 5.82 Å². The first-order chi connectivity index (χ1) is 6.79. The van der Waals surface area contributed by atoms with Crippen LogP contribution in [0.15, 0.2) is 6.07 Å². The molecule has 1 aliphatic heterocycles. The summed E-state index contributed by atoms with van der Waals surface area (Å²) in [6.45, 7) is 2.65. The van der Waals surface area contributed by atoms with Gasteiger partial charge in [-0.25, -0.2) is 9.97 Å². The summed E-state index contributed by atoms with van der Waals surface area (Å²) >= 11 is 0. The molecule has 0 bridgehead atoms. The Morgan fingerprint density at radius 2 is 2.43 bits per heavy atom. The second-order valence-electron chi connectivity index (χ2n) is 3.52. The monoisotopic (exact) mass is 194 g/mol. The van der Waals surface area contributed by atoms with Gasteiger partial charge in [-0.15, -0.1) is 0 Å². The van der Waals surface area contributed by atoms with E-state index in [9.17, 15) is 0 Å². The van der Waals surface area contributed by atoms with Gasteiger partial charge in [0.1, 0.15) is 6.10 Å². The fourth-order valence-electron chi connectivity index (χ4n) is 1.66. The molecular formula is C10H14N2O2. The highest BCUT2D eigenvalue weighted by Gasteiger charge is 2.20. The van der Waals surface area contributed by atoms with Crippen LogP contribution in [-0.2, 0) is 11.3 Å². The SMILES string of the molecule is Cc1cc(CO)nc(C2CCCO2)n1. The zero-order valence-corrected chi connectivity index (χ0v) is 8.23. The fourth-order valence-corrected chi connectivity index (χ4v) is 1.66. The van der Waals surface area contributed by atoms with Crippen LogP contribution in [0.4, 0.5) is 0 Å². The standard InChI is InChI=1S/C10H14N2O2/c1-7-5-8(6-13)12-10(11-7)9-3-2-4-14-9/h5,9,13H,2-4,6H2,1H3.